The van der Waals surface area contributed by atoms with Crippen molar-refractivity contribution in [3.63, 3.8) is 0 Å². The molecule has 0 saturated heterocycles. The summed E-state index contributed by atoms with van der Waals surface area (Å²) in [6.07, 6.45) is 2.07. The van der Waals surface area contributed by atoms with E-state index in [1.54, 1.807) is 11.8 Å². The fourth-order valence-electron chi connectivity index (χ4n) is 1.86. The van der Waals surface area contributed by atoms with Gasteiger partial charge in [-0.3, -0.25) is 0 Å². The summed E-state index contributed by atoms with van der Waals surface area (Å²) in [6.45, 7) is 5.21. The summed E-state index contributed by atoms with van der Waals surface area (Å²) < 4.78 is 7.32. The molecule has 0 aliphatic carbocycles. The van der Waals surface area contributed by atoms with Crippen LogP contribution in [0.2, 0.25) is 0 Å². The first kappa shape index (κ1) is 14.1. The van der Waals surface area contributed by atoms with Crippen LogP contribution in [-0.2, 0) is 17.1 Å². The van der Waals surface area contributed by atoms with Gasteiger partial charge in [-0.15, -0.1) is 5.10 Å². The Morgan fingerprint density at radius 2 is 2.11 bits per heavy atom. The van der Waals surface area contributed by atoms with Gasteiger partial charge in [-0.2, -0.15) is 11.8 Å². The molecule has 1 aromatic carbocycles. The highest BCUT2D eigenvalue weighted by molar-refractivity contribution is 7.97. The van der Waals surface area contributed by atoms with E-state index in [0.29, 0.717) is 13.2 Å². The van der Waals surface area contributed by atoms with Gasteiger partial charge in [0, 0.05) is 6.61 Å². The van der Waals surface area contributed by atoms with Crippen molar-refractivity contribution in [3.8, 4) is 5.69 Å². The molecule has 4 nitrogen and oxygen atoms in total. The molecule has 0 N–H and O–H groups in total. The zero-order valence-corrected chi connectivity index (χ0v) is 12.4. The molecule has 0 aliphatic heterocycles. The van der Waals surface area contributed by atoms with Gasteiger partial charge in [0.1, 0.15) is 12.4 Å². The van der Waals surface area contributed by atoms with Gasteiger partial charge in [0.25, 0.3) is 0 Å². The second kappa shape index (κ2) is 6.73. The maximum Gasteiger partial charge on any atom is 0.177 e. The van der Waals surface area contributed by atoms with Gasteiger partial charge < -0.3 is 4.74 Å². The SMILES string of the molecule is CCOCc1nc(CSC)n(-c2ccccc2C)n1. The summed E-state index contributed by atoms with van der Waals surface area (Å²) in [4.78, 5) is 4.56. The van der Waals surface area contributed by atoms with Gasteiger partial charge in [-0.25, -0.2) is 9.67 Å². The predicted octanol–water partition coefficient (Wildman–Crippen LogP) is 2.98. The Morgan fingerprint density at radius 3 is 2.79 bits per heavy atom. The van der Waals surface area contributed by atoms with Crippen molar-refractivity contribution in [1.82, 2.24) is 14.8 Å². The standard InChI is InChI=1S/C14H19N3OS/c1-4-18-9-13-15-14(10-19-3)17(16-13)12-8-6-5-7-11(12)2/h5-8H,4,9-10H2,1-3H3. The van der Waals surface area contributed by atoms with Crippen molar-refractivity contribution in [1.29, 1.82) is 0 Å². The van der Waals surface area contributed by atoms with Crippen LogP contribution in [0.1, 0.15) is 24.1 Å². The third-order valence-corrected chi connectivity index (χ3v) is 3.32. The number of rotatable bonds is 6. The van der Waals surface area contributed by atoms with E-state index < -0.39 is 0 Å². The first-order chi connectivity index (χ1) is 9.26. The fourth-order valence-corrected chi connectivity index (χ4v) is 2.31. The van der Waals surface area contributed by atoms with E-state index in [9.17, 15) is 0 Å². The number of para-hydroxylation sites is 1. The summed E-state index contributed by atoms with van der Waals surface area (Å²) in [7, 11) is 0. The molecule has 0 bridgehead atoms. The first-order valence-electron chi connectivity index (χ1n) is 6.33. The molecule has 0 fully saturated rings. The summed E-state index contributed by atoms with van der Waals surface area (Å²) >= 11 is 1.74. The quantitative estimate of drug-likeness (QED) is 0.814. The first-order valence-corrected chi connectivity index (χ1v) is 7.73. The van der Waals surface area contributed by atoms with Gasteiger partial charge in [-0.1, -0.05) is 18.2 Å². The van der Waals surface area contributed by atoms with Crippen molar-refractivity contribution in [2.45, 2.75) is 26.2 Å². The van der Waals surface area contributed by atoms with E-state index in [1.165, 1.54) is 5.56 Å². The van der Waals surface area contributed by atoms with E-state index in [0.717, 1.165) is 23.1 Å². The highest BCUT2D eigenvalue weighted by Crippen LogP contribution is 2.17. The van der Waals surface area contributed by atoms with Crippen LogP contribution in [0.3, 0.4) is 0 Å². The molecule has 0 spiro atoms. The van der Waals surface area contributed by atoms with Gasteiger partial charge >= 0.3 is 0 Å². The molecule has 2 aromatic rings. The van der Waals surface area contributed by atoms with E-state index in [2.05, 4.69) is 35.4 Å². The lowest BCUT2D eigenvalue weighted by Crippen LogP contribution is -2.04. The molecule has 1 aromatic heterocycles. The molecule has 0 amide bonds. The van der Waals surface area contributed by atoms with Gasteiger partial charge in [0.15, 0.2) is 5.82 Å². The number of hydrogen-bond acceptors (Lipinski definition) is 4. The molecule has 2 rings (SSSR count). The lowest BCUT2D eigenvalue weighted by Gasteiger charge is -2.07. The maximum absolute atomic E-state index is 5.39. The molecule has 5 heteroatoms. The maximum atomic E-state index is 5.39. The highest BCUT2D eigenvalue weighted by atomic mass is 32.2. The summed E-state index contributed by atoms with van der Waals surface area (Å²) in [5.74, 6) is 2.55. The minimum atomic E-state index is 0.469. The van der Waals surface area contributed by atoms with Crippen LogP contribution in [0.15, 0.2) is 24.3 Å². The van der Waals surface area contributed by atoms with Gasteiger partial charge in [-0.05, 0) is 31.7 Å². The van der Waals surface area contributed by atoms with Crippen LogP contribution in [0.4, 0.5) is 0 Å². The minimum Gasteiger partial charge on any atom is -0.374 e. The Kier molecular flexibility index (Phi) is 4.99. The van der Waals surface area contributed by atoms with Crippen LogP contribution >= 0.6 is 11.8 Å². The number of hydrogen-bond donors (Lipinski definition) is 0. The number of aromatic nitrogens is 3. The zero-order chi connectivity index (χ0) is 13.7. The average molecular weight is 277 g/mol. The molecular weight excluding hydrogens is 258 g/mol. The van der Waals surface area contributed by atoms with Crippen molar-refractivity contribution in [2.24, 2.45) is 0 Å². The van der Waals surface area contributed by atoms with E-state index in [4.69, 9.17) is 4.74 Å². The van der Waals surface area contributed by atoms with Crippen LogP contribution in [-0.4, -0.2) is 27.6 Å². The molecule has 0 radical (unpaired) electrons. The monoisotopic (exact) mass is 277 g/mol. The Balaban J connectivity index is 2.37. The number of benzene rings is 1. The fraction of sp³-hybridized carbons (Fsp3) is 0.429. The normalized spacial score (nSPS) is 10.9. The molecule has 0 aliphatic rings. The van der Waals surface area contributed by atoms with E-state index in [-0.39, 0.29) is 0 Å². The molecule has 0 unspecified atom stereocenters. The average Bonchev–Trinajstić information content (AvgIpc) is 2.80. The highest BCUT2D eigenvalue weighted by Gasteiger charge is 2.12. The molecule has 1 heterocycles. The predicted molar refractivity (Wildman–Crippen MR) is 78.6 cm³/mol. The van der Waals surface area contributed by atoms with Gasteiger partial charge in [0.05, 0.1) is 11.4 Å². The molecule has 102 valence electrons. The second-order valence-electron chi connectivity index (χ2n) is 4.21. The Hall–Kier alpha value is -1.33. The van der Waals surface area contributed by atoms with Crippen LogP contribution in [0, 0.1) is 6.92 Å². The van der Waals surface area contributed by atoms with Crippen LogP contribution in [0.5, 0.6) is 0 Å². The topological polar surface area (TPSA) is 39.9 Å². The van der Waals surface area contributed by atoms with Crippen molar-refractivity contribution in [3.05, 3.63) is 41.5 Å². The Bertz CT molecular complexity index is 539. The molecule has 0 saturated carbocycles. The number of ether oxygens (including phenoxy) is 1. The third kappa shape index (κ3) is 3.36. The summed E-state index contributed by atoms with van der Waals surface area (Å²) in [6, 6.07) is 8.21. The summed E-state index contributed by atoms with van der Waals surface area (Å²) in [5.41, 5.74) is 2.28. The van der Waals surface area contributed by atoms with Crippen LogP contribution < -0.4 is 0 Å². The zero-order valence-electron chi connectivity index (χ0n) is 11.6. The number of thioether (sulfide) groups is 1. The lowest BCUT2D eigenvalue weighted by atomic mass is 10.2. The molecular formula is C14H19N3OS. The van der Waals surface area contributed by atoms with E-state index in [1.807, 2.05) is 23.7 Å². The van der Waals surface area contributed by atoms with Gasteiger partial charge in [0.2, 0.25) is 0 Å². The molecule has 19 heavy (non-hydrogen) atoms. The molecule has 0 atom stereocenters. The Morgan fingerprint density at radius 1 is 1.32 bits per heavy atom. The van der Waals surface area contributed by atoms with Crippen molar-refractivity contribution >= 4 is 11.8 Å². The second-order valence-corrected chi connectivity index (χ2v) is 5.08. The van der Waals surface area contributed by atoms with Crippen molar-refractivity contribution in [2.75, 3.05) is 12.9 Å². The third-order valence-electron chi connectivity index (χ3n) is 2.77. The van der Waals surface area contributed by atoms with Crippen molar-refractivity contribution < 1.29 is 4.74 Å². The smallest absolute Gasteiger partial charge is 0.177 e. The lowest BCUT2D eigenvalue weighted by molar-refractivity contribution is 0.128. The minimum absolute atomic E-state index is 0.469. The summed E-state index contributed by atoms with van der Waals surface area (Å²) in [5, 5.41) is 4.56. The van der Waals surface area contributed by atoms with E-state index >= 15 is 0 Å². The number of nitrogens with zero attached hydrogens (tertiary/aromatic N) is 3. The Labute approximate surface area is 118 Å². The largest absolute Gasteiger partial charge is 0.374 e. The van der Waals surface area contributed by atoms with Crippen LogP contribution in [0.25, 0.3) is 5.69 Å². The number of aryl methyl sites for hydroxylation is 1.